The number of carbonyl (C=O) groups excluding carboxylic acids is 1. The molecule has 1 aromatic heterocycles. The van der Waals surface area contributed by atoms with Crippen LogP contribution in [0.5, 0.6) is 0 Å². The fourth-order valence-electron chi connectivity index (χ4n) is 4.21. The Balaban J connectivity index is 1.71. The molecule has 1 fully saturated rings. The molecule has 1 saturated heterocycles. The zero-order chi connectivity index (χ0) is 17.7. The summed E-state index contributed by atoms with van der Waals surface area (Å²) in [7, 11) is 0. The smallest absolute Gasteiger partial charge is 0.224 e. The second-order valence-electron chi connectivity index (χ2n) is 7.02. The van der Waals surface area contributed by atoms with Crippen LogP contribution in [0.25, 0.3) is 0 Å². The highest BCUT2D eigenvalue weighted by Crippen LogP contribution is 2.37. The number of aryl methyl sites for hydroxylation is 2. The maximum absolute atomic E-state index is 13.1. The van der Waals surface area contributed by atoms with Gasteiger partial charge in [-0.1, -0.05) is 37.3 Å². The Morgan fingerprint density at radius 1 is 1.24 bits per heavy atom. The van der Waals surface area contributed by atoms with Crippen LogP contribution >= 0.6 is 0 Å². The number of nitrogens with zero attached hydrogens (tertiary/aromatic N) is 3. The molecule has 0 N–H and O–H groups in total. The van der Waals surface area contributed by atoms with Gasteiger partial charge in [0.25, 0.3) is 0 Å². The van der Waals surface area contributed by atoms with Crippen molar-refractivity contribution in [2.45, 2.75) is 64.5 Å². The van der Waals surface area contributed by atoms with Gasteiger partial charge in [0.05, 0.1) is 0 Å². The number of imidazole rings is 1. The molecule has 25 heavy (non-hydrogen) atoms. The van der Waals surface area contributed by atoms with Crippen molar-refractivity contribution in [2.75, 3.05) is 6.54 Å². The van der Waals surface area contributed by atoms with Gasteiger partial charge >= 0.3 is 0 Å². The summed E-state index contributed by atoms with van der Waals surface area (Å²) in [5, 5.41) is 0. The third-order valence-electron chi connectivity index (χ3n) is 5.55. The van der Waals surface area contributed by atoms with E-state index in [1.165, 1.54) is 12.0 Å². The van der Waals surface area contributed by atoms with Gasteiger partial charge in [0, 0.05) is 25.4 Å². The lowest BCUT2D eigenvalue weighted by atomic mass is 9.91. The molecule has 0 bridgehead atoms. The predicted octanol–water partition coefficient (Wildman–Crippen LogP) is 4.29. The van der Waals surface area contributed by atoms with Crippen molar-refractivity contribution in [3.05, 3.63) is 54.1 Å². The van der Waals surface area contributed by atoms with Gasteiger partial charge in [-0.15, -0.1) is 0 Å². The molecule has 0 radical (unpaired) electrons. The Hall–Kier alpha value is -2.10. The average Bonchev–Trinajstić information content (AvgIpc) is 3.09. The second-order valence-corrected chi connectivity index (χ2v) is 7.02. The summed E-state index contributed by atoms with van der Waals surface area (Å²) in [6, 6.07) is 10.4. The number of benzene rings is 1. The van der Waals surface area contributed by atoms with Crippen molar-refractivity contribution >= 4 is 5.91 Å². The molecule has 1 atom stereocenters. The number of likely N-dealkylation sites (tertiary alicyclic amines) is 1. The molecule has 0 aliphatic carbocycles. The number of carbonyl (C=O) groups is 1. The topological polar surface area (TPSA) is 38.1 Å². The Labute approximate surface area is 150 Å². The summed E-state index contributed by atoms with van der Waals surface area (Å²) in [4.78, 5) is 19.6. The van der Waals surface area contributed by atoms with Crippen molar-refractivity contribution in [1.29, 1.82) is 0 Å². The molecule has 134 valence electrons. The first-order valence-corrected chi connectivity index (χ1v) is 9.52. The van der Waals surface area contributed by atoms with E-state index in [0.29, 0.717) is 6.42 Å². The van der Waals surface area contributed by atoms with E-state index in [1.54, 1.807) is 0 Å². The maximum atomic E-state index is 13.1. The molecule has 4 nitrogen and oxygen atoms in total. The van der Waals surface area contributed by atoms with E-state index in [1.807, 2.05) is 25.4 Å². The summed E-state index contributed by atoms with van der Waals surface area (Å²) >= 11 is 0. The van der Waals surface area contributed by atoms with Crippen molar-refractivity contribution in [3.63, 3.8) is 0 Å². The zero-order valence-electron chi connectivity index (χ0n) is 15.4. The average molecular weight is 339 g/mol. The first-order valence-electron chi connectivity index (χ1n) is 9.52. The molecule has 1 amide bonds. The van der Waals surface area contributed by atoms with E-state index in [4.69, 9.17) is 0 Å². The van der Waals surface area contributed by atoms with Crippen LogP contribution in [-0.4, -0.2) is 26.9 Å². The standard InChI is InChI=1S/C21H29N3O/c1-3-21(23-17-15-22-18(23)2)14-7-8-16-24(21)20(25)13-9-12-19-10-5-4-6-11-19/h4-6,10-11,15,17H,3,7-9,12-14,16H2,1-2H3. The number of rotatable bonds is 6. The van der Waals surface area contributed by atoms with Gasteiger partial charge in [0.15, 0.2) is 0 Å². The van der Waals surface area contributed by atoms with E-state index < -0.39 is 0 Å². The van der Waals surface area contributed by atoms with Crippen LogP contribution < -0.4 is 0 Å². The summed E-state index contributed by atoms with van der Waals surface area (Å²) in [6.07, 6.45) is 10.6. The minimum absolute atomic E-state index is 0.233. The number of piperidine rings is 1. The molecular formula is C21H29N3O. The highest BCUT2D eigenvalue weighted by molar-refractivity contribution is 5.77. The van der Waals surface area contributed by atoms with Crippen LogP contribution in [0.15, 0.2) is 42.7 Å². The second kappa shape index (κ2) is 7.85. The van der Waals surface area contributed by atoms with Crippen LogP contribution in [0.3, 0.4) is 0 Å². The van der Waals surface area contributed by atoms with Gasteiger partial charge < -0.3 is 9.47 Å². The first kappa shape index (κ1) is 17.7. The lowest BCUT2D eigenvalue weighted by Crippen LogP contribution is -2.55. The molecule has 2 heterocycles. The quantitative estimate of drug-likeness (QED) is 0.787. The van der Waals surface area contributed by atoms with Gasteiger partial charge in [0.2, 0.25) is 5.91 Å². The highest BCUT2D eigenvalue weighted by Gasteiger charge is 2.41. The third kappa shape index (κ3) is 3.63. The lowest BCUT2D eigenvalue weighted by Gasteiger charge is -2.48. The number of hydrogen-bond donors (Lipinski definition) is 0. The molecule has 1 aliphatic rings. The normalized spacial score (nSPS) is 20.6. The van der Waals surface area contributed by atoms with Gasteiger partial charge in [-0.25, -0.2) is 4.98 Å². The van der Waals surface area contributed by atoms with Crippen molar-refractivity contribution in [2.24, 2.45) is 0 Å². The van der Waals surface area contributed by atoms with E-state index >= 15 is 0 Å². The summed E-state index contributed by atoms with van der Waals surface area (Å²) in [6.45, 7) is 5.08. The fraction of sp³-hybridized carbons (Fsp3) is 0.524. The Kier molecular flexibility index (Phi) is 5.57. The Morgan fingerprint density at radius 3 is 2.72 bits per heavy atom. The molecule has 1 aromatic carbocycles. The SMILES string of the molecule is CCC1(n2ccnc2C)CCCCN1C(=O)CCCc1ccccc1. The molecular weight excluding hydrogens is 310 g/mol. The number of amides is 1. The van der Waals surface area contributed by atoms with Gasteiger partial charge in [0.1, 0.15) is 11.5 Å². The van der Waals surface area contributed by atoms with Crippen LogP contribution in [-0.2, 0) is 16.9 Å². The van der Waals surface area contributed by atoms with Crippen LogP contribution in [0, 0.1) is 6.92 Å². The monoisotopic (exact) mass is 339 g/mol. The van der Waals surface area contributed by atoms with Gasteiger partial charge in [-0.05, 0) is 51.0 Å². The van der Waals surface area contributed by atoms with Crippen LogP contribution in [0.4, 0.5) is 0 Å². The Bertz CT molecular complexity index is 694. The summed E-state index contributed by atoms with van der Waals surface area (Å²) < 4.78 is 2.22. The van der Waals surface area contributed by atoms with Crippen LogP contribution in [0.2, 0.25) is 0 Å². The zero-order valence-corrected chi connectivity index (χ0v) is 15.4. The van der Waals surface area contributed by atoms with Crippen molar-refractivity contribution in [1.82, 2.24) is 14.5 Å². The maximum Gasteiger partial charge on any atom is 0.224 e. The third-order valence-corrected chi connectivity index (χ3v) is 5.55. The summed E-state index contributed by atoms with van der Waals surface area (Å²) in [5.41, 5.74) is 1.07. The van der Waals surface area contributed by atoms with E-state index in [0.717, 1.165) is 44.5 Å². The molecule has 3 rings (SSSR count). The summed E-state index contributed by atoms with van der Waals surface area (Å²) in [5.74, 6) is 1.27. The van der Waals surface area contributed by atoms with Crippen molar-refractivity contribution < 1.29 is 4.79 Å². The van der Waals surface area contributed by atoms with E-state index in [-0.39, 0.29) is 11.6 Å². The van der Waals surface area contributed by atoms with Gasteiger partial charge in [-0.3, -0.25) is 4.79 Å². The molecule has 1 unspecified atom stereocenters. The van der Waals surface area contributed by atoms with Crippen LogP contribution in [0.1, 0.15) is 56.8 Å². The molecule has 2 aromatic rings. The molecule has 0 saturated carbocycles. The van der Waals surface area contributed by atoms with E-state index in [2.05, 4.69) is 45.6 Å². The van der Waals surface area contributed by atoms with Gasteiger partial charge in [-0.2, -0.15) is 0 Å². The molecule has 4 heteroatoms. The molecule has 0 spiro atoms. The largest absolute Gasteiger partial charge is 0.319 e. The lowest BCUT2D eigenvalue weighted by molar-refractivity contribution is -0.147. The minimum Gasteiger partial charge on any atom is -0.319 e. The Morgan fingerprint density at radius 2 is 2.04 bits per heavy atom. The minimum atomic E-state index is -0.233. The number of aromatic nitrogens is 2. The fourth-order valence-corrected chi connectivity index (χ4v) is 4.21. The highest BCUT2D eigenvalue weighted by atomic mass is 16.2. The molecule has 1 aliphatic heterocycles. The number of hydrogen-bond acceptors (Lipinski definition) is 2. The predicted molar refractivity (Wildman–Crippen MR) is 100 cm³/mol. The van der Waals surface area contributed by atoms with Crippen molar-refractivity contribution in [3.8, 4) is 0 Å². The van der Waals surface area contributed by atoms with E-state index in [9.17, 15) is 4.79 Å². The first-order chi connectivity index (χ1) is 12.2.